The summed E-state index contributed by atoms with van der Waals surface area (Å²) in [4.78, 5) is 15.4. The van der Waals surface area contributed by atoms with Crippen molar-refractivity contribution < 1.29 is 18.8 Å². The maximum atomic E-state index is 13.0. The number of rotatable bonds is 0. The molecule has 1 spiro atoms. The predicted molar refractivity (Wildman–Crippen MR) is 151 cm³/mol. The Labute approximate surface area is 232 Å². The highest BCUT2D eigenvalue weighted by atomic mass is 35.5. The topological polar surface area (TPSA) is 78.9 Å². The fourth-order valence-electron chi connectivity index (χ4n) is 6.73. The second-order valence-electron chi connectivity index (χ2n) is 11.3. The van der Waals surface area contributed by atoms with Crippen LogP contribution in [0.3, 0.4) is 0 Å². The average Bonchev–Trinajstić information content (AvgIpc) is 3.03. The Hall–Kier alpha value is -2.35. The highest BCUT2D eigenvalue weighted by Gasteiger charge is 2.44. The quantitative estimate of drug-likeness (QED) is 0.451. The molecule has 2 heterocycles. The highest BCUT2D eigenvalue weighted by molar-refractivity contribution is 7.83. The number of amides is 1. The largest absolute Gasteiger partial charge is 0.490 e. The summed E-state index contributed by atoms with van der Waals surface area (Å²) in [6, 6.07) is 11.8. The van der Waals surface area contributed by atoms with Crippen LogP contribution >= 0.6 is 11.6 Å². The van der Waals surface area contributed by atoms with Crippen molar-refractivity contribution >= 4 is 34.2 Å². The number of benzene rings is 2. The van der Waals surface area contributed by atoms with Crippen molar-refractivity contribution in [1.82, 2.24) is 4.72 Å². The lowest BCUT2D eigenvalue weighted by molar-refractivity contribution is 0.0456. The van der Waals surface area contributed by atoms with Crippen LogP contribution in [0.25, 0.3) is 0 Å². The summed E-state index contributed by atoms with van der Waals surface area (Å²) in [5, 5.41) is 11.7. The first-order valence-corrected chi connectivity index (χ1v) is 15.5. The first-order chi connectivity index (χ1) is 18.4. The fourth-order valence-corrected chi connectivity index (χ4v) is 7.78. The minimum absolute atomic E-state index is 0.195. The third-order valence-electron chi connectivity index (χ3n) is 8.91. The number of anilines is 1. The second-order valence-corrected chi connectivity index (χ2v) is 13.1. The zero-order valence-electron chi connectivity index (χ0n) is 21.5. The van der Waals surface area contributed by atoms with Gasteiger partial charge in [-0.25, -0.2) is 4.21 Å². The van der Waals surface area contributed by atoms with Crippen LogP contribution < -0.4 is 14.4 Å². The van der Waals surface area contributed by atoms with Crippen LogP contribution in [-0.4, -0.2) is 46.8 Å². The second kappa shape index (κ2) is 10.7. The predicted octanol–water partition coefficient (Wildman–Crippen LogP) is 4.94. The van der Waals surface area contributed by atoms with Crippen molar-refractivity contribution in [3.63, 3.8) is 0 Å². The Balaban J connectivity index is 1.40. The molecule has 1 fully saturated rings. The van der Waals surface area contributed by atoms with Gasteiger partial charge in [0.25, 0.3) is 5.91 Å². The Morgan fingerprint density at radius 3 is 2.89 bits per heavy atom. The molecule has 6 rings (SSSR count). The zero-order valence-corrected chi connectivity index (χ0v) is 23.1. The summed E-state index contributed by atoms with van der Waals surface area (Å²) < 4.78 is 21.7. The van der Waals surface area contributed by atoms with E-state index in [2.05, 4.69) is 21.8 Å². The Bertz CT molecular complexity index is 1280. The van der Waals surface area contributed by atoms with Crippen molar-refractivity contribution in [3.8, 4) is 5.75 Å². The van der Waals surface area contributed by atoms with Crippen LogP contribution in [-0.2, 0) is 22.8 Å². The van der Waals surface area contributed by atoms with Crippen molar-refractivity contribution in [3.05, 3.63) is 70.3 Å². The maximum Gasteiger partial charge on any atom is 0.263 e. The fraction of sp³-hybridized carbons (Fsp3) is 0.500. The van der Waals surface area contributed by atoms with Crippen molar-refractivity contribution in [2.75, 3.05) is 30.3 Å². The number of hydrogen-bond donors (Lipinski definition) is 2. The zero-order chi connectivity index (χ0) is 26.3. The Morgan fingerprint density at radius 1 is 1.16 bits per heavy atom. The number of aliphatic hydroxyl groups is 1. The number of nitrogens with one attached hydrogen (secondary N) is 1. The molecule has 5 unspecified atom stereocenters. The van der Waals surface area contributed by atoms with E-state index in [0.717, 1.165) is 68.1 Å². The summed E-state index contributed by atoms with van der Waals surface area (Å²) in [6.07, 6.45) is 9.99. The number of carbonyl (C=O) groups excluding carboxylic acids is 1. The van der Waals surface area contributed by atoms with Crippen LogP contribution in [0.15, 0.2) is 48.6 Å². The van der Waals surface area contributed by atoms with Crippen LogP contribution in [0, 0.1) is 11.8 Å². The van der Waals surface area contributed by atoms with Crippen LogP contribution in [0.5, 0.6) is 5.75 Å². The van der Waals surface area contributed by atoms with E-state index in [0.29, 0.717) is 30.3 Å². The SMILES string of the molecule is O=C1NS(=O)CCC/C=C/C(O)C2CCC2CN2CC3(CCCc4cc(Cl)ccc43)COc3ccc1cc32. The summed E-state index contributed by atoms with van der Waals surface area (Å²) in [7, 11) is -1.46. The van der Waals surface area contributed by atoms with Gasteiger partial charge in [0, 0.05) is 34.8 Å². The molecular formula is C30H35ClN2O4S. The van der Waals surface area contributed by atoms with Gasteiger partial charge in [0.2, 0.25) is 0 Å². The summed E-state index contributed by atoms with van der Waals surface area (Å²) in [5.74, 6) is 1.37. The minimum atomic E-state index is -1.46. The number of fused-ring (bicyclic) bond motifs is 4. The summed E-state index contributed by atoms with van der Waals surface area (Å²) in [5.41, 5.74) is 3.77. The van der Waals surface area contributed by atoms with Crippen LogP contribution in [0.4, 0.5) is 5.69 Å². The van der Waals surface area contributed by atoms with Gasteiger partial charge in [-0.05, 0) is 98.2 Å². The molecule has 5 atom stereocenters. The van der Waals surface area contributed by atoms with Gasteiger partial charge in [0.1, 0.15) is 16.7 Å². The number of aryl methyl sites for hydroxylation is 1. The number of allylic oxidation sites excluding steroid dienone is 1. The van der Waals surface area contributed by atoms with E-state index >= 15 is 0 Å². The van der Waals surface area contributed by atoms with Gasteiger partial charge >= 0.3 is 0 Å². The number of nitrogens with zero attached hydrogens (tertiary/aromatic N) is 1. The normalized spacial score (nSPS) is 32.2. The van der Waals surface area contributed by atoms with E-state index in [-0.39, 0.29) is 17.2 Å². The first kappa shape index (κ1) is 25.9. The van der Waals surface area contributed by atoms with Crippen LogP contribution in [0.1, 0.15) is 60.0 Å². The molecule has 6 nitrogen and oxygen atoms in total. The molecule has 0 saturated heterocycles. The third kappa shape index (κ3) is 5.01. The highest BCUT2D eigenvalue weighted by Crippen LogP contribution is 2.46. The molecule has 1 saturated carbocycles. The number of halogens is 1. The molecule has 2 aliphatic heterocycles. The van der Waals surface area contributed by atoms with Gasteiger partial charge in [-0.1, -0.05) is 29.8 Å². The standard InChI is InChI=1S/C30H35ClN2O4S/c31-23-9-11-25-20(15-23)5-4-13-30(25)18-33-17-22-7-10-24(22)27(34)6-2-1-3-14-38(36)32-29(35)21-8-12-28(37-19-30)26(33)16-21/h2,6,8-9,11-12,15-16,22,24,27,34H,1,3-5,7,10,13-14,17-19H2,(H,32,35)/b6-2+. The molecule has 38 heavy (non-hydrogen) atoms. The molecular weight excluding hydrogens is 520 g/mol. The van der Waals surface area contributed by atoms with Crippen molar-refractivity contribution in [2.24, 2.45) is 11.8 Å². The molecule has 8 heteroatoms. The van der Waals surface area contributed by atoms with E-state index in [1.807, 2.05) is 30.4 Å². The molecule has 0 radical (unpaired) electrons. The number of aliphatic hydroxyl groups excluding tert-OH is 1. The number of ether oxygens (including phenoxy) is 1. The van der Waals surface area contributed by atoms with E-state index in [4.69, 9.17) is 16.3 Å². The number of carbonyl (C=O) groups is 1. The average molecular weight is 555 g/mol. The molecule has 2 bridgehead atoms. The summed E-state index contributed by atoms with van der Waals surface area (Å²) in [6.45, 7) is 2.11. The van der Waals surface area contributed by atoms with Gasteiger partial charge in [0.15, 0.2) is 0 Å². The van der Waals surface area contributed by atoms with E-state index in [9.17, 15) is 14.1 Å². The minimum Gasteiger partial charge on any atom is -0.490 e. The lowest BCUT2D eigenvalue weighted by atomic mass is 9.68. The summed E-state index contributed by atoms with van der Waals surface area (Å²) >= 11 is 6.37. The smallest absolute Gasteiger partial charge is 0.263 e. The molecule has 202 valence electrons. The molecule has 0 aromatic heterocycles. The van der Waals surface area contributed by atoms with Crippen LogP contribution in [0.2, 0.25) is 5.02 Å². The maximum absolute atomic E-state index is 13.0. The molecule has 2 aromatic carbocycles. The Morgan fingerprint density at radius 2 is 2.05 bits per heavy atom. The molecule has 4 aliphatic rings. The van der Waals surface area contributed by atoms with E-state index < -0.39 is 17.1 Å². The van der Waals surface area contributed by atoms with E-state index in [1.54, 1.807) is 6.07 Å². The molecule has 1 amide bonds. The van der Waals surface area contributed by atoms with Gasteiger partial charge in [-0.15, -0.1) is 0 Å². The monoisotopic (exact) mass is 554 g/mol. The van der Waals surface area contributed by atoms with Crippen molar-refractivity contribution in [2.45, 2.75) is 56.5 Å². The van der Waals surface area contributed by atoms with Crippen molar-refractivity contribution in [1.29, 1.82) is 0 Å². The van der Waals surface area contributed by atoms with Gasteiger partial charge < -0.3 is 14.7 Å². The first-order valence-electron chi connectivity index (χ1n) is 13.8. The Kier molecular flexibility index (Phi) is 7.27. The lowest BCUT2D eigenvalue weighted by Gasteiger charge is -2.45. The van der Waals surface area contributed by atoms with E-state index in [1.165, 1.54) is 11.1 Å². The third-order valence-corrected chi connectivity index (χ3v) is 10.2. The van der Waals surface area contributed by atoms with Gasteiger partial charge in [-0.3, -0.25) is 9.52 Å². The molecule has 2 aliphatic carbocycles. The lowest BCUT2D eigenvalue weighted by Crippen LogP contribution is -2.49. The van der Waals surface area contributed by atoms with Gasteiger partial charge in [0.05, 0.1) is 18.4 Å². The molecule has 2 aromatic rings. The molecule has 2 N–H and O–H groups in total. The van der Waals surface area contributed by atoms with Gasteiger partial charge in [-0.2, -0.15) is 0 Å². The number of hydrogen-bond acceptors (Lipinski definition) is 5.